The molecule has 2 rings (SSSR count). The number of hydrogen-bond donors (Lipinski definition) is 1. The van der Waals surface area contributed by atoms with Crippen LogP contribution in [-0.4, -0.2) is 63.0 Å². The smallest absolute Gasteiger partial charge is 0.243 e. The lowest BCUT2D eigenvalue weighted by atomic mass is 10.4. The summed E-state index contributed by atoms with van der Waals surface area (Å²) in [7, 11) is -6.89. The average molecular weight is 340 g/mol. The van der Waals surface area contributed by atoms with E-state index in [4.69, 9.17) is 5.11 Å². The van der Waals surface area contributed by atoms with E-state index < -0.39 is 20.0 Å². The first-order valence-corrected chi connectivity index (χ1v) is 10.1. The summed E-state index contributed by atoms with van der Waals surface area (Å²) in [5.41, 5.74) is 0. The Kier molecular flexibility index (Phi) is 4.52. The Balaban J connectivity index is 2.13. The van der Waals surface area contributed by atoms with Crippen molar-refractivity contribution in [3.05, 3.63) is 16.3 Å². The summed E-state index contributed by atoms with van der Waals surface area (Å²) < 4.78 is 50.0. The van der Waals surface area contributed by atoms with Crippen molar-refractivity contribution in [1.29, 1.82) is 0 Å². The van der Waals surface area contributed by atoms with E-state index in [0.717, 1.165) is 6.26 Å². The predicted molar refractivity (Wildman–Crippen MR) is 75.4 cm³/mol. The lowest BCUT2D eigenvalue weighted by Crippen LogP contribution is -2.50. The van der Waals surface area contributed by atoms with Crippen molar-refractivity contribution < 1.29 is 21.9 Å². The van der Waals surface area contributed by atoms with Gasteiger partial charge in [0.05, 0.1) is 17.8 Å². The highest BCUT2D eigenvalue weighted by Gasteiger charge is 2.31. The van der Waals surface area contributed by atoms with Crippen LogP contribution in [0.2, 0.25) is 0 Å². The second kappa shape index (κ2) is 5.70. The van der Waals surface area contributed by atoms with Crippen LogP contribution in [0.3, 0.4) is 0 Å². The molecule has 1 aromatic heterocycles. The maximum atomic E-state index is 12.4. The molecule has 0 spiro atoms. The van der Waals surface area contributed by atoms with Crippen molar-refractivity contribution in [1.82, 2.24) is 8.61 Å². The fourth-order valence-corrected chi connectivity index (χ4v) is 5.34. The summed E-state index contributed by atoms with van der Waals surface area (Å²) >= 11 is 1.18. The fourth-order valence-electron chi connectivity index (χ4n) is 1.97. The molecule has 1 aliphatic rings. The maximum Gasteiger partial charge on any atom is 0.243 e. The molecule has 114 valence electrons. The van der Waals surface area contributed by atoms with Gasteiger partial charge < -0.3 is 5.11 Å². The summed E-state index contributed by atoms with van der Waals surface area (Å²) in [5.74, 6) is 0. The molecule has 1 fully saturated rings. The standard InChI is InChI=1S/C10H16N2O5S3/c1-19(14,15)11-2-4-12(5-3-11)20(16,17)10-6-9(7-13)18-8-10/h6,8,13H,2-5,7H2,1H3. The van der Waals surface area contributed by atoms with Crippen molar-refractivity contribution in [2.75, 3.05) is 32.4 Å². The molecule has 20 heavy (non-hydrogen) atoms. The highest BCUT2D eigenvalue weighted by Crippen LogP contribution is 2.23. The van der Waals surface area contributed by atoms with Crippen LogP contribution in [0.4, 0.5) is 0 Å². The first-order valence-electron chi connectivity index (χ1n) is 5.88. The van der Waals surface area contributed by atoms with Crippen molar-refractivity contribution >= 4 is 31.4 Å². The number of rotatable bonds is 4. The minimum absolute atomic E-state index is 0.139. The predicted octanol–water partition coefficient (Wildman–Crippen LogP) is -0.494. The van der Waals surface area contributed by atoms with Crippen molar-refractivity contribution in [2.24, 2.45) is 0 Å². The Bertz CT molecular complexity index is 672. The summed E-state index contributed by atoms with van der Waals surface area (Å²) in [6.07, 6.45) is 1.11. The van der Waals surface area contributed by atoms with Gasteiger partial charge in [-0.25, -0.2) is 16.8 Å². The third-order valence-electron chi connectivity index (χ3n) is 3.09. The monoisotopic (exact) mass is 340 g/mol. The van der Waals surface area contributed by atoms with Gasteiger partial charge in [-0.2, -0.15) is 8.61 Å². The quantitative estimate of drug-likeness (QED) is 0.798. The lowest BCUT2D eigenvalue weighted by Gasteiger charge is -2.32. The van der Waals surface area contributed by atoms with Gasteiger partial charge in [-0.15, -0.1) is 11.3 Å². The van der Waals surface area contributed by atoms with E-state index in [1.807, 2.05) is 0 Å². The summed E-state index contributed by atoms with van der Waals surface area (Å²) in [5, 5.41) is 10.5. The Morgan fingerprint density at radius 1 is 1.15 bits per heavy atom. The molecule has 10 heteroatoms. The van der Waals surface area contributed by atoms with E-state index >= 15 is 0 Å². The zero-order chi connectivity index (χ0) is 15.0. The molecular formula is C10H16N2O5S3. The van der Waals surface area contributed by atoms with Gasteiger partial charge in [-0.05, 0) is 6.07 Å². The average Bonchev–Trinajstić information content (AvgIpc) is 2.87. The summed E-state index contributed by atoms with van der Waals surface area (Å²) in [6.45, 7) is 0.408. The molecule has 0 radical (unpaired) electrons. The molecule has 0 aliphatic carbocycles. The van der Waals surface area contributed by atoms with Crippen molar-refractivity contribution in [3.63, 3.8) is 0 Å². The molecule has 1 aromatic rings. The number of aliphatic hydroxyl groups excluding tert-OH is 1. The van der Waals surface area contributed by atoms with Crippen molar-refractivity contribution in [3.8, 4) is 0 Å². The second-order valence-electron chi connectivity index (χ2n) is 4.47. The molecule has 0 unspecified atom stereocenters. The zero-order valence-corrected chi connectivity index (χ0v) is 13.3. The molecule has 0 saturated carbocycles. The van der Waals surface area contributed by atoms with Crippen LogP contribution < -0.4 is 0 Å². The van der Waals surface area contributed by atoms with E-state index in [2.05, 4.69) is 0 Å². The van der Waals surface area contributed by atoms with E-state index in [1.54, 1.807) is 0 Å². The largest absolute Gasteiger partial charge is 0.391 e. The van der Waals surface area contributed by atoms with Crippen LogP contribution in [0.25, 0.3) is 0 Å². The number of hydrogen-bond acceptors (Lipinski definition) is 6. The Morgan fingerprint density at radius 2 is 1.70 bits per heavy atom. The Labute approximate surface area is 122 Å². The van der Waals surface area contributed by atoms with Crippen molar-refractivity contribution in [2.45, 2.75) is 11.5 Å². The molecule has 2 heterocycles. The van der Waals surface area contributed by atoms with Crippen LogP contribution in [0.1, 0.15) is 4.88 Å². The van der Waals surface area contributed by atoms with Gasteiger partial charge >= 0.3 is 0 Å². The van der Waals surface area contributed by atoms with Gasteiger partial charge in [0.1, 0.15) is 0 Å². The number of aliphatic hydroxyl groups is 1. The molecule has 0 atom stereocenters. The van der Waals surface area contributed by atoms with Gasteiger partial charge in [0, 0.05) is 36.4 Å². The number of nitrogens with zero attached hydrogens (tertiary/aromatic N) is 2. The Morgan fingerprint density at radius 3 is 2.15 bits per heavy atom. The van der Waals surface area contributed by atoms with Gasteiger partial charge in [-0.3, -0.25) is 0 Å². The second-order valence-corrected chi connectivity index (χ2v) is 9.39. The molecular weight excluding hydrogens is 324 g/mol. The Hall–Kier alpha value is -0.520. The van der Waals surface area contributed by atoms with Crippen LogP contribution in [-0.2, 0) is 26.7 Å². The van der Waals surface area contributed by atoms with Gasteiger partial charge in [0.15, 0.2) is 0 Å². The van der Waals surface area contributed by atoms with Crippen LogP contribution in [0.15, 0.2) is 16.3 Å². The van der Waals surface area contributed by atoms with E-state index in [-0.39, 0.29) is 37.7 Å². The third-order valence-corrected chi connectivity index (χ3v) is 7.34. The van der Waals surface area contributed by atoms with E-state index in [9.17, 15) is 16.8 Å². The van der Waals surface area contributed by atoms with Crippen LogP contribution in [0, 0.1) is 0 Å². The molecule has 1 N–H and O–H groups in total. The maximum absolute atomic E-state index is 12.4. The number of sulfonamides is 2. The minimum Gasteiger partial charge on any atom is -0.391 e. The number of piperazine rings is 1. The van der Waals surface area contributed by atoms with Gasteiger partial charge in [0.25, 0.3) is 0 Å². The highest BCUT2D eigenvalue weighted by molar-refractivity contribution is 7.89. The molecule has 7 nitrogen and oxygen atoms in total. The molecule has 0 bridgehead atoms. The molecule has 0 amide bonds. The topological polar surface area (TPSA) is 95.0 Å². The lowest BCUT2D eigenvalue weighted by molar-refractivity contribution is 0.274. The molecule has 0 aromatic carbocycles. The molecule has 1 aliphatic heterocycles. The van der Waals surface area contributed by atoms with E-state index in [1.165, 1.54) is 31.4 Å². The third kappa shape index (κ3) is 3.21. The number of thiophene rings is 1. The summed E-state index contributed by atoms with van der Waals surface area (Å²) in [4.78, 5) is 0.734. The fraction of sp³-hybridized carbons (Fsp3) is 0.600. The first kappa shape index (κ1) is 15.9. The zero-order valence-electron chi connectivity index (χ0n) is 10.9. The van der Waals surface area contributed by atoms with Gasteiger partial charge in [0.2, 0.25) is 20.0 Å². The highest BCUT2D eigenvalue weighted by atomic mass is 32.2. The summed E-state index contributed by atoms with van der Waals surface area (Å²) in [6, 6.07) is 1.45. The first-order chi connectivity index (χ1) is 9.25. The molecule has 1 saturated heterocycles. The van der Waals surface area contributed by atoms with Crippen LogP contribution in [0.5, 0.6) is 0 Å². The normalized spacial score (nSPS) is 19.3. The van der Waals surface area contributed by atoms with Gasteiger partial charge in [-0.1, -0.05) is 0 Å². The van der Waals surface area contributed by atoms with Crippen LogP contribution >= 0.6 is 11.3 Å². The van der Waals surface area contributed by atoms with E-state index in [0.29, 0.717) is 4.88 Å². The SMILES string of the molecule is CS(=O)(=O)N1CCN(S(=O)(=O)c2csc(CO)c2)CC1. The minimum atomic E-state index is -3.61.